The Morgan fingerprint density at radius 1 is 1.33 bits per heavy atom. The van der Waals surface area contributed by atoms with Gasteiger partial charge in [-0.15, -0.1) is 0 Å². The first kappa shape index (κ1) is 15.3. The number of nitrogens with zero attached hydrogens (tertiary/aromatic N) is 2. The lowest BCUT2D eigenvalue weighted by atomic mass is 10.0. The van der Waals surface area contributed by atoms with Crippen LogP contribution in [-0.2, 0) is 18.3 Å². The van der Waals surface area contributed by atoms with E-state index in [1.54, 1.807) is 4.68 Å². The van der Waals surface area contributed by atoms with E-state index in [0.717, 1.165) is 17.7 Å². The zero-order valence-corrected chi connectivity index (χ0v) is 13.2. The second-order valence-corrected chi connectivity index (χ2v) is 5.56. The predicted molar refractivity (Wildman–Crippen MR) is 84.0 cm³/mol. The molecule has 1 N–H and O–H groups in total. The molecule has 0 unspecified atom stereocenters. The molecular formula is C17H23N3O. The van der Waals surface area contributed by atoms with Gasteiger partial charge in [0, 0.05) is 19.7 Å². The highest BCUT2D eigenvalue weighted by Gasteiger charge is 2.12. The summed E-state index contributed by atoms with van der Waals surface area (Å²) in [4.78, 5) is 12.1. The lowest BCUT2D eigenvalue weighted by Gasteiger charge is -2.16. The molecule has 1 aromatic heterocycles. The first-order valence-electron chi connectivity index (χ1n) is 7.31. The van der Waals surface area contributed by atoms with Gasteiger partial charge in [-0.2, -0.15) is 5.10 Å². The zero-order chi connectivity index (χ0) is 15.4. The molecule has 1 aromatic carbocycles. The Balaban J connectivity index is 1.90. The third-order valence-corrected chi connectivity index (χ3v) is 3.77. The third-order valence-electron chi connectivity index (χ3n) is 3.77. The Kier molecular flexibility index (Phi) is 4.78. The second-order valence-electron chi connectivity index (χ2n) is 5.56. The van der Waals surface area contributed by atoms with Gasteiger partial charge >= 0.3 is 0 Å². The normalized spacial score (nSPS) is 12.2. The van der Waals surface area contributed by atoms with Crippen molar-refractivity contribution < 1.29 is 4.79 Å². The van der Waals surface area contributed by atoms with E-state index in [1.807, 2.05) is 39.2 Å². The second kappa shape index (κ2) is 6.57. The van der Waals surface area contributed by atoms with E-state index >= 15 is 0 Å². The fraction of sp³-hybridized carbons (Fsp3) is 0.412. The number of carbonyl (C=O) groups is 1. The lowest BCUT2D eigenvalue weighted by molar-refractivity contribution is -0.121. The molecule has 112 valence electrons. The van der Waals surface area contributed by atoms with Gasteiger partial charge in [0.05, 0.1) is 11.7 Å². The standard InChI is InChI=1S/C17H23N3O/c1-12-7-5-6-8-16(12)14(3)18-17(21)10-9-15-11-20(4)19-13(15)2/h5-8,11,14H,9-10H2,1-4H3,(H,18,21)/t14-/m0/s1. The molecule has 1 amide bonds. The summed E-state index contributed by atoms with van der Waals surface area (Å²) in [5.41, 5.74) is 4.50. The molecule has 0 fully saturated rings. The minimum absolute atomic E-state index is 0.0358. The largest absolute Gasteiger partial charge is 0.350 e. The predicted octanol–water partition coefficient (Wildman–Crippen LogP) is 2.85. The molecule has 0 aliphatic heterocycles. The van der Waals surface area contributed by atoms with Gasteiger partial charge in [0.15, 0.2) is 0 Å². The summed E-state index contributed by atoms with van der Waals surface area (Å²) >= 11 is 0. The molecule has 2 rings (SSSR count). The van der Waals surface area contributed by atoms with Crippen molar-refractivity contribution in [1.82, 2.24) is 15.1 Å². The summed E-state index contributed by atoms with van der Waals surface area (Å²) in [7, 11) is 1.90. The van der Waals surface area contributed by atoms with Gasteiger partial charge in [-0.05, 0) is 43.9 Å². The molecule has 0 saturated carbocycles. The third kappa shape index (κ3) is 3.94. The molecule has 0 aliphatic rings. The number of hydrogen-bond acceptors (Lipinski definition) is 2. The van der Waals surface area contributed by atoms with E-state index in [9.17, 15) is 4.79 Å². The number of aryl methyl sites for hydroxylation is 4. The summed E-state index contributed by atoms with van der Waals surface area (Å²) in [6.45, 7) is 6.07. The van der Waals surface area contributed by atoms with Crippen LogP contribution in [0.1, 0.15) is 41.8 Å². The summed E-state index contributed by atoms with van der Waals surface area (Å²) in [5, 5.41) is 7.36. The van der Waals surface area contributed by atoms with Crippen LogP contribution in [0.5, 0.6) is 0 Å². The minimum atomic E-state index is 0.0358. The molecule has 1 atom stereocenters. The average Bonchev–Trinajstić information content (AvgIpc) is 2.75. The van der Waals surface area contributed by atoms with Crippen LogP contribution in [0.15, 0.2) is 30.5 Å². The number of rotatable bonds is 5. The van der Waals surface area contributed by atoms with E-state index in [0.29, 0.717) is 6.42 Å². The smallest absolute Gasteiger partial charge is 0.220 e. The molecule has 0 aliphatic carbocycles. The van der Waals surface area contributed by atoms with Gasteiger partial charge in [-0.25, -0.2) is 0 Å². The highest BCUT2D eigenvalue weighted by atomic mass is 16.1. The van der Waals surface area contributed by atoms with E-state index < -0.39 is 0 Å². The van der Waals surface area contributed by atoms with Crippen LogP contribution >= 0.6 is 0 Å². The molecule has 0 radical (unpaired) electrons. The summed E-state index contributed by atoms with van der Waals surface area (Å²) in [6.07, 6.45) is 3.20. The number of benzene rings is 1. The Hall–Kier alpha value is -2.10. The van der Waals surface area contributed by atoms with Crippen LogP contribution in [0.3, 0.4) is 0 Å². The van der Waals surface area contributed by atoms with Crippen LogP contribution in [0.4, 0.5) is 0 Å². The van der Waals surface area contributed by atoms with Gasteiger partial charge in [-0.3, -0.25) is 9.48 Å². The maximum Gasteiger partial charge on any atom is 0.220 e. The Bertz CT molecular complexity index is 631. The van der Waals surface area contributed by atoms with Crippen LogP contribution in [0, 0.1) is 13.8 Å². The van der Waals surface area contributed by atoms with E-state index in [4.69, 9.17) is 0 Å². The van der Waals surface area contributed by atoms with Crippen molar-refractivity contribution in [3.05, 3.63) is 52.8 Å². The first-order valence-corrected chi connectivity index (χ1v) is 7.31. The van der Waals surface area contributed by atoms with Gasteiger partial charge in [0.1, 0.15) is 0 Å². The molecule has 0 spiro atoms. The highest BCUT2D eigenvalue weighted by molar-refractivity contribution is 5.76. The monoisotopic (exact) mass is 285 g/mol. The van der Waals surface area contributed by atoms with Crippen molar-refractivity contribution in [2.75, 3.05) is 0 Å². The van der Waals surface area contributed by atoms with Crippen molar-refractivity contribution in [3.63, 3.8) is 0 Å². The SMILES string of the molecule is Cc1ccccc1[C@H](C)NC(=O)CCc1cn(C)nc1C. The van der Waals surface area contributed by atoms with Crippen LogP contribution in [0.25, 0.3) is 0 Å². The molecule has 4 heteroatoms. The highest BCUT2D eigenvalue weighted by Crippen LogP contribution is 2.17. The van der Waals surface area contributed by atoms with Crippen molar-refractivity contribution in [2.45, 2.75) is 39.7 Å². The summed E-state index contributed by atoms with van der Waals surface area (Å²) in [6, 6.07) is 8.18. The van der Waals surface area contributed by atoms with E-state index in [2.05, 4.69) is 29.5 Å². The lowest BCUT2D eigenvalue weighted by Crippen LogP contribution is -2.27. The Morgan fingerprint density at radius 2 is 2.05 bits per heavy atom. The number of aromatic nitrogens is 2. The molecule has 4 nitrogen and oxygen atoms in total. The minimum Gasteiger partial charge on any atom is -0.350 e. The van der Waals surface area contributed by atoms with Gasteiger partial charge in [0.2, 0.25) is 5.91 Å². The average molecular weight is 285 g/mol. The number of hydrogen-bond donors (Lipinski definition) is 1. The molecular weight excluding hydrogens is 262 g/mol. The van der Waals surface area contributed by atoms with Gasteiger partial charge in [0.25, 0.3) is 0 Å². The quantitative estimate of drug-likeness (QED) is 0.918. The van der Waals surface area contributed by atoms with E-state index in [-0.39, 0.29) is 11.9 Å². The fourth-order valence-corrected chi connectivity index (χ4v) is 2.61. The Morgan fingerprint density at radius 3 is 2.67 bits per heavy atom. The molecule has 21 heavy (non-hydrogen) atoms. The maximum absolute atomic E-state index is 12.1. The van der Waals surface area contributed by atoms with Gasteiger partial charge in [-0.1, -0.05) is 24.3 Å². The first-order chi connectivity index (χ1) is 9.97. The molecule has 0 saturated heterocycles. The number of carbonyl (C=O) groups excluding carboxylic acids is 1. The van der Waals surface area contributed by atoms with Crippen molar-refractivity contribution in [1.29, 1.82) is 0 Å². The summed E-state index contributed by atoms with van der Waals surface area (Å²) < 4.78 is 1.79. The number of amides is 1. The van der Waals surface area contributed by atoms with Gasteiger partial charge < -0.3 is 5.32 Å². The van der Waals surface area contributed by atoms with E-state index in [1.165, 1.54) is 11.1 Å². The van der Waals surface area contributed by atoms with Crippen molar-refractivity contribution >= 4 is 5.91 Å². The topological polar surface area (TPSA) is 46.9 Å². The fourth-order valence-electron chi connectivity index (χ4n) is 2.61. The van der Waals surface area contributed by atoms with Crippen molar-refractivity contribution in [2.24, 2.45) is 7.05 Å². The summed E-state index contributed by atoms with van der Waals surface area (Å²) in [5.74, 6) is 0.0778. The number of nitrogens with one attached hydrogen (secondary N) is 1. The molecule has 2 aromatic rings. The Labute approximate surface area is 126 Å². The van der Waals surface area contributed by atoms with Crippen LogP contribution in [-0.4, -0.2) is 15.7 Å². The van der Waals surface area contributed by atoms with Crippen molar-refractivity contribution in [3.8, 4) is 0 Å². The molecule has 0 bridgehead atoms. The molecule has 1 heterocycles. The zero-order valence-electron chi connectivity index (χ0n) is 13.2. The van der Waals surface area contributed by atoms with Crippen LogP contribution < -0.4 is 5.32 Å². The van der Waals surface area contributed by atoms with Crippen LogP contribution in [0.2, 0.25) is 0 Å². The maximum atomic E-state index is 12.1.